The third-order valence-electron chi connectivity index (χ3n) is 2.98. The van der Waals surface area contributed by atoms with Crippen LogP contribution in [0, 0.1) is 0 Å². The fourth-order valence-corrected chi connectivity index (χ4v) is 2.26. The van der Waals surface area contributed by atoms with Crippen molar-refractivity contribution in [3.63, 3.8) is 0 Å². The van der Waals surface area contributed by atoms with Crippen LogP contribution in [-0.4, -0.2) is 18.6 Å². The molecule has 1 heterocycles. The fraction of sp³-hybridized carbons (Fsp3) is 0.400. The second kappa shape index (κ2) is 5.25. The van der Waals surface area contributed by atoms with Crippen molar-refractivity contribution in [1.29, 1.82) is 0 Å². The standard InChI is InChI=1S/C15H19NO2/c1-4-15(17)16-9-5-6-12-10-13(18-11(2)3)7-8-14(12)16/h4,7-8,10-11H,1,5-6,9H2,2-3H3. The van der Waals surface area contributed by atoms with Gasteiger partial charge in [0.15, 0.2) is 0 Å². The van der Waals surface area contributed by atoms with E-state index < -0.39 is 0 Å². The zero-order chi connectivity index (χ0) is 13.1. The van der Waals surface area contributed by atoms with Crippen molar-refractivity contribution in [2.75, 3.05) is 11.4 Å². The number of benzene rings is 1. The van der Waals surface area contributed by atoms with E-state index >= 15 is 0 Å². The first kappa shape index (κ1) is 12.7. The summed E-state index contributed by atoms with van der Waals surface area (Å²) in [6.45, 7) is 8.33. The second-order valence-corrected chi connectivity index (χ2v) is 4.75. The zero-order valence-electron chi connectivity index (χ0n) is 11.0. The van der Waals surface area contributed by atoms with E-state index in [9.17, 15) is 4.79 Å². The van der Waals surface area contributed by atoms with Crippen molar-refractivity contribution in [2.24, 2.45) is 0 Å². The summed E-state index contributed by atoms with van der Waals surface area (Å²) in [5, 5.41) is 0. The number of fused-ring (bicyclic) bond motifs is 1. The molecule has 0 radical (unpaired) electrons. The molecule has 0 atom stereocenters. The fourth-order valence-electron chi connectivity index (χ4n) is 2.26. The number of rotatable bonds is 3. The Kier molecular flexibility index (Phi) is 3.70. The predicted octanol–water partition coefficient (Wildman–Crippen LogP) is 2.94. The molecule has 0 bridgehead atoms. The molecule has 0 spiro atoms. The van der Waals surface area contributed by atoms with E-state index in [2.05, 4.69) is 6.58 Å². The minimum absolute atomic E-state index is 0.0338. The largest absolute Gasteiger partial charge is 0.491 e. The van der Waals surface area contributed by atoms with E-state index in [0.717, 1.165) is 30.8 Å². The van der Waals surface area contributed by atoms with Crippen molar-refractivity contribution in [3.05, 3.63) is 36.4 Å². The van der Waals surface area contributed by atoms with Crippen LogP contribution < -0.4 is 9.64 Å². The Hall–Kier alpha value is -1.77. The highest BCUT2D eigenvalue weighted by molar-refractivity contribution is 6.01. The number of anilines is 1. The quantitative estimate of drug-likeness (QED) is 0.766. The van der Waals surface area contributed by atoms with Crippen molar-refractivity contribution < 1.29 is 9.53 Å². The monoisotopic (exact) mass is 245 g/mol. The molecule has 0 saturated carbocycles. The van der Waals surface area contributed by atoms with Crippen LogP contribution in [0.5, 0.6) is 5.75 Å². The van der Waals surface area contributed by atoms with Gasteiger partial charge < -0.3 is 9.64 Å². The van der Waals surface area contributed by atoms with Gasteiger partial charge >= 0.3 is 0 Å². The first-order valence-electron chi connectivity index (χ1n) is 6.35. The number of nitrogens with zero attached hydrogens (tertiary/aromatic N) is 1. The number of ether oxygens (including phenoxy) is 1. The molecule has 0 aromatic heterocycles. The highest BCUT2D eigenvalue weighted by Gasteiger charge is 2.21. The minimum Gasteiger partial charge on any atom is -0.491 e. The van der Waals surface area contributed by atoms with Gasteiger partial charge in [-0.25, -0.2) is 0 Å². The summed E-state index contributed by atoms with van der Waals surface area (Å²) in [5.74, 6) is 0.838. The Bertz CT molecular complexity index is 466. The highest BCUT2D eigenvalue weighted by Crippen LogP contribution is 2.31. The first-order chi connectivity index (χ1) is 8.61. The van der Waals surface area contributed by atoms with Gasteiger partial charge in [-0.05, 0) is 56.5 Å². The topological polar surface area (TPSA) is 29.5 Å². The maximum Gasteiger partial charge on any atom is 0.250 e. The van der Waals surface area contributed by atoms with Crippen LogP contribution in [0.2, 0.25) is 0 Å². The molecule has 1 aromatic carbocycles. The molecule has 1 amide bonds. The van der Waals surface area contributed by atoms with Gasteiger partial charge in [0.1, 0.15) is 5.75 Å². The Morgan fingerprint density at radius 3 is 2.94 bits per heavy atom. The summed E-state index contributed by atoms with van der Waals surface area (Å²) in [6.07, 6.45) is 3.51. The molecule has 18 heavy (non-hydrogen) atoms. The number of carbonyl (C=O) groups excluding carboxylic acids is 1. The lowest BCUT2D eigenvalue weighted by Gasteiger charge is -2.29. The SMILES string of the molecule is C=CC(=O)N1CCCc2cc(OC(C)C)ccc21. The van der Waals surface area contributed by atoms with Crippen LogP contribution >= 0.6 is 0 Å². The Balaban J connectivity index is 2.30. The molecule has 96 valence electrons. The van der Waals surface area contributed by atoms with Crippen LogP contribution in [0.25, 0.3) is 0 Å². The Morgan fingerprint density at radius 1 is 1.50 bits per heavy atom. The number of hydrogen-bond donors (Lipinski definition) is 0. The van der Waals surface area contributed by atoms with Crippen molar-refractivity contribution >= 4 is 11.6 Å². The third kappa shape index (κ3) is 2.55. The van der Waals surface area contributed by atoms with E-state index in [1.165, 1.54) is 11.6 Å². The van der Waals surface area contributed by atoms with E-state index in [1.54, 1.807) is 4.90 Å². The van der Waals surface area contributed by atoms with Gasteiger partial charge in [0.05, 0.1) is 6.10 Å². The summed E-state index contributed by atoms with van der Waals surface area (Å²) < 4.78 is 5.68. The summed E-state index contributed by atoms with van der Waals surface area (Å²) in [7, 11) is 0. The van der Waals surface area contributed by atoms with Gasteiger partial charge in [-0.15, -0.1) is 0 Å². The average Bonchev–Trinajstić information content (AvgIpc) is 2.36. The van der Waals surface area contributed by atoms with Gasteiger partial charge in [0, 0.05) is 12.2 Å². The number of carbonyl (C=O) groups is 1. The van der Waals surface area contributed by atoms with E-state index in [-0.39, 0.29) is 12.0 Å². The van der Waals surface area contributed by atoms with Crippen LogP contribution in [0.15, 0.2) is 30.9 Å². The van der Waals surface area contributed by atoms with Gasteiger partial charge in [0.2, 0.25) is 5.91 Å². The summed E-state index contributed by atoms with van der Waals surface area (Å²) >= 11 is 0. The zero-order valence-corrected chi connectivity index (χ0v) is 11.0. The van der Waals surface area contributed by atoms with Crippen molar-refractivity contribution in [1.82, 2.24) is 0 Å². The van der Waals surface area contributed by atoms with Crippen molar-refractivity contribution in [2.45, 2.75) is 32.8 Å². The summed E-state index contributed by atoms with van der Waals surface area (Å²) in [5.41, 5.74) is 2.16. The molecular formula is C15H19NO2. The van der Waals surface area contributed by atoms with E-state index in [1.807, 2.05) is 32.0 Å². The molecule has 1 aliphatic rings. The van der Waals surface area contributed by atoms with Crippen LogP contribution in [-0.2, 0) is 11.2 Å². The van der Waals surface area contributed by atoms with Crippen molar-refractivity contribution in [3.8, 4) is 5.75 Å². The molecular weight excluding hydrogens is 226 g/mol. The van der Waals surface area contributed by atoms with Gasteiger partial charge in [0.25, 0.3) is 0 Å². The molecule has 0 unspecified atom stereocenters. The minimum atomic E-state index is -0.0338. The van der Waals surface area contributed by atoms with E-state index in [4.69, 9.17) is 4.74 Å². The maximum absolute atomic E-state index is 11.8. The molecule has 1 aliphatic heterocycles. The van der Waals surface area contributed by atoms with Gasteiger partial charge in [-0.2, -0.15) is 0 Å². The molecule has 0 aliphatic carbocycles. The number of aryl methyl sites for hydroxylation is 1. The van der Waals surface area contributed by atoms with Crippen LogP contribution in [0.3, 0.4) is 0 Å². The molecule has 2 rings (SSSR count). The molecule has 0 saturated heterocycles. The number of hydrogen-bond acceptors (Lipinski definition) is 2. The Labute approximate surface area is 108 Å². The summed E-state index contributed by atoms with van der Waals surface area (Å²) in [6, 6.07) is 5.93. The van der Waals surface area contributed by atoms with Gasteiger partial charge in [-0.3, -0.25) is 4.79 Å². The lowest BCUT2D eigenvalue weighted by Crippen LogP contribution is -2.34. The molecule has 3 nitrogen and oxygen atoms in total. The first-order valence-corrected chi connectivity index (χ1v) is 6.35. The summed E-state index contributed by atoms with van der Waals surface area (Å²) in [4.78, 5) is 13.6. The highest BCUT2D eigenvalue weighted by atomic mass is 16.5. The van der Waals surface area contributed by atoms with Crippen LogP contribution in [0.4, 0.5) is 5.69 Å². The second-order valence-electron chi connectivity index (χ2n) is 4.75. The van der Waals surface area contributed by atoms with Gasteiger partial charge in [-0.1, -0.05) is 6.58 Å². The van der Waals surface area contributed by atoms with Crippen LogP contribution in [0.1, 0.15) is 25.8 Å². The number of amides is 1. The maximum atomic E-state index is 11.8. The molecule has 1 aromatic rings. The lowest BCUT2D eigenvalue weighted by atomic mass is 10.0. The molecule has 3 heteroatoms. The Morgan fingerprint density at radius 2 is 2.28 bits per heavy atom. The molecule has 0 N–H and O–H groups in total. The van der Waals surface area contributed by atoms with E-state index in [0.29, 0.717) is 0 Å². The normalized spacial score (nSPS) is 14.3. The molecule has 0 fully saturated rings. The predicted molar refractivity (Wildman–Crippen MR) is 73.1 cm³/mol. The third-order valence-corrected chi connectivity index (χ3v) is 2.98. The smallest absolute Gasteiger partial charge is 0.250 e. The average molecular weight is 245 g/mol. The lowest BCUT2D eigenvalue weighted by molar-refractivity contribution is -0.114.